The first-order valence-electron chi connectivity index (χ1n) is 3.38. The predicted octanol–water partition coefficient (Wildman–Crippen LogP) is 1.96. The predicted molar refractivity (Wildman–Crippen MR) is 43.5 cm³/mol. The van der Waals surface area contributed by atoms with E-state index < -0.39 is 0 Å². The van der Waals surface area contributed by atoms with Crippen molar-refractivity contribution in [2.75, 3.05) is 0 Å². The van der Waals surface area contributed by atoms with Gasteiger partial charge in [0.1, 0.15) is 0 Å². The zero-order valence-corrected chi connectivity index (χ0v) is 6.63. The summed E-state index contributed by atoms with van der Waals surface area (Å²) in [5.74, 6) is 0. The van der Waals surface area contributed by atoms with Gasteiger partial charge in [-0.05, 0) is 31.9 Å². The summed E-state index contributed by atoms with van der Waals surface area (Å²) in [6, 6.07) is 0. The van der Waals surface area contributed by atoms with Crippen LogP contribution in [-0.2, 0) is 0 Å². The first kappa shape index (κ1) is 7.06. The highest BCUT2D eigenvalue weighted by Gasteiger charge is 1.93. The average Bonchev–Trinajstić information content (AvgIpc) is 2.14. The first-order valence-corrected chi connectivity index (χ1v) is 3.38. The van der Waals surface area contributed by atoms with Gasteiger partial charge in [0.15, 0.2) is 0 Å². The second-order valence-electron chi connectivity index (χ2n) is 2.38. The molecule has 0 radical (unpaired) electrons. The minimum atomic E-state index is 1.28. The molecule has 0 atom stereocenters. The van der Waals surface area contributed by atoms with E-state index in [1.165, 1.54) is 11.1 Å². The summed E-state index contributed by atoms with van der Waals surface area (Å²) in [5, 5.41) is 4.08. The molecule has 1 aromatic rings. The average molecular weight is 136 g/mol. The summed E-state index contributed by atoms with van der Waals surface area (Å²) in [4.78, 5) is 0. The van der Waals surface area contributed by atoms with E-state index in [9.17, 15) is 0 Å². The maximum absolute atomic E-state index is 4.08. The van der Waals surface area contributed by atoms with Gasteiger partial charge in [0.05, 0.1) is 0 Å². The van der Waals surface area contributed by atoms with Crippen LogP contribution >= 0.6 is 0 Å². The second-order valence-corrected chi connectivity index (χ2v) is 2.38. The Hall–Kier alpha value is -1.05. The molecule has 2 heteroatoms. The van der Waals surface area contributed by atoms with Crippen molar-refractivity contribution in [3.8, 4) is 0 Å². The molecule has 54 valence electrons. The molecule has 0 amide bonds. The Balaban J connectivity index is 2.98. The van der Waals surface area contributed by atoms with Crippen molar-refractivity contribution in [2.24, 2.45) is 5.10 Å². The molecule has 0 aliphatic heterocycles. The molecular weight excluding hydrogens is 124 g/mol. The summed E-state index contributed by atoms with van der Waals surface area (Å²) in [6.45, 7) is 6.07. The van der Waals surface area contributed by atoms with Gasteiger partial charge in [0.2, 0.25) is 0 Å². The van der Waals surface area contributed by atoms with Crippen molar-refractivity contribution in [1.82, 2.24) is 4.68 Å². The Morgan fingerprint density at radius 2 is 1.80 bits per heavy atom. The van der Waals surface area contributed by atoms with Crippen LogP contribution in [0.15, 0.2) is 17.5 Å². The minimum absolute atomic E-state index is 1.28. The lowest BCUT2D eigenvalue weighted by atomic mass is 10.2. The van der Waals surface area contributed by atoms with Crippen LogP contribution < -0.4 is 0 Å². The van der Waals surface area contributed by atoms with E-state index >= 15 is 0 Å². The second kappa shape index (κ2) is 2.69. The van der Waals surface area contributed by atoms with Crippen molar-refractivity contribution in [3.63, 3.8) is 0 Å². The molecule has 10 heavy (non-hydrogen) atoms. The Morgan fingerprint density at radius 1 is 1.30 bits per heavy atom. The van der Waals surface area contributed by atoms with Crippen LogP contribution in [0, 0.1) is 13.8 Å². The molecule has 1 aromatic heterocycles. The van der Waals surface area contributed by atoms with E-state index in [4.69, 9.17) is 0 Å². The van der Waals surface area contributed by atoms with E-state index in [-0.39, 0.29) is 0 Å². The molecule has 0 aliphatic carbocycles. The van der Waals surface area contributed by atoms with Crippen molar-refractivity contribution in [2.45, 2.75) is 20.8 Å². The lowest BCUT2D eigenvalue weighted by Gasteiger charge is -1.86. The fourth-order valence-electron chi connectivity index (χ4n) is 0.838. The minimum Gasteiger partial charge on any atom is -0.248 e. The SMILES string of the molecule is CC=Nn1cc(C)c(C)c1. The number of rotatable bonds is 1. The number of hydrogen-bond acceptors (Lipinski definition) is 1. The molecule has 0 aliphatic rings. The van der Waals surface area contributed by atoms with Crippen molar-refractivity contribution in [1.29, 1.82) is 0 Å². The number of nitrogens with zero attached hydrogens (tertiary/aromatic N) is 2. The first-order chi connectivity index (χ1) is 4.74. The van der Waals surface area contributed by atoms with E-state index in [0.29, 0.717) is 0 Å². The Labute approximate surface area is 61.2 Å². The highest BCUT2D eigenvalue weighted by Crippen LogP contribution is 2.06. The molecule has 0 spiro atoms. The molecule has 1 heterocycles. The van der Waals surface area contributed by atoms with Gasteiger partial charge in [-0.15, -0.1) is 0 Å². The van der Waals surface area contributed by atoms with Gasteiger partial charge < -0.3 is 0 Å². The molecule has 0 fully saturated rings. The standard InChI is InChI=1S/C8H12N2/c1-4-9-10-5-7(2)8(3)6-10/h4-6H,1-3H3. The lowest BCUT2D eigenvalue weighted by molar-refractivity contribution is 0.888. The third-order valence-corrected chi connectivity index (χ3v) is 1.52. The summed E-state index contributed by atoms with van der Waals surface area (Å²) in [7, 11) is 0. The molecule has 2 nitrogen and oxygen atoms in total. The van der Waals surface area contributed by atoms with Gasteiger partial charge in [-0.3, -0.25) is 0 Å². The molecule has 0 aromatic carbocycles. The fourth-order valence-corrected chi connectivity index (χ4v) is 0.838. The van der Waals surface area contributed by atoms with Gasteiger partial charge >= 0.3 is 0 Å². The molecular formula is C8H12N2. The van der Waals surface area contributed by atoms with Gasteiger partial charge in [-0.25, -0.2) is 4.68 Å². The number of aryl methyl sites for hydroxylation is 2. The van der Waals surface area contributed by atoms with Crippen LogP contribution in [0.4, 0.5) is 0 Å². The van der Waals surface area contributed by atoms with Crippen LogP contribution in [0.3, 0.4) is 0 Å². The van der Waals surface area contributed by atoms with Crippen LogP contribution in [0.5, 0.6) is 0 Å². The summed E-state index contributed by atoms with van der Waals surface area (Å²) < 4.78 is 1.82. The molecule has 1 rings (SSSR count). The molecule has 0 saturated carbocycles. The number of aromatic nitrogens is 1. The molecule has 0 saturated heterocycles. The zero-order valence-electron chi connectivity index (χ0n) is 6.63. The monoisotopic (exact) mass is 136 g/mol. The van der Waals surface area contributed by atoms with Gasteiger partial charge in [0.25, 0.3) is 0 Å². The normalized spacial score (nSPS) is 11.1. The molecule has 0 N–H and O–H groups in total. The Kier molecular flexibility index (Phi) is 1.90. The largest absolute Gasteiger partial charge is 0.248 e. The molecule has 0 unspecified atom stereocenters. The highest BCUT2D eigenvalue weighted by atomic mass is 15.3. The Bertz CT molecular complexity index is 226. The van der Waals surface area contributed by atoms with Crippen LogP contribution in [0.1, 0.15) is 18.1 Å². The third kappa shape index (κ3) is 1.26. The Morgan fingerprint density at radius 3 is 2.20 bits per heavy atom. The third-order valence-electron chi connectivity index (χ3n) is 1.52. The van der Waals surface area contributed by atoms with Crippen molar-refractivity contribution >= 4 is 6.21 Å². The summed E-state index contributed by atoms with van der Waals surface area (Å²) in [6.07, 6.45) is 5.80. The van der Waals surface area contributed by atoms with Crippen LogP contribution in [-0.4, -0.2) is 10.9 Å². The number of hydrogen-bond donors (Lipinski definition) is 0. The van der Waals surface area contributed by atoms with Gasteiger partial charge in [-0.2, -0.15) is 5.10 Å². The van der Waals surface area contributed by atoms with E-state index in [1.807, 2.05) is 24.0 Å². The van der Waals surface area contributed by atoms with Crippen molar-refractivity contribution in [3.05, 3.63) is 23.5 Å². The van der Waals surface area contributed by atoms with Crippen LogP contribution in [0.2, 0.25) is 0 Å². The van der Waals surface area contributed by atoms with Gasteiger partial charge in [-0.1, -0.05) is 0 Å². The quantitative estimate of drug-likeness (QED) is 0.525. The topological polar surface area (TPSA) is 17.3 Å². The van der Waals surface area contributed by atoms with E-state index in [0.717, 1.165) is 0 Å². The fraction of sp³-hybridized carbons (Fsp3) is 0.375. The maximum atomic E-state index is 4.08. The maximum Gasteiger partial charge on any atom is 0.0316 e. The van der Waals surface area contributed by atoms with Gasteiger partial charge in [0, 0.05) is 18.6 Å². The smallest absolute Gasteiger partial charge is 0.0316 e. The van der Waals surface area contributed by atoms with Crippen molar-refractivity contribution < 1.29 is 0 Å². The van der Waals surface area contributed by atoms with E-state index in [2.05, 4.69) is 18.9 Å². The highest BCUT2D eigenvalue weighted by molar-refractivity contribution is 5.53. The zero-order chi connectivity index (χ0) is 7.56. The van der Waals surface area contributed by atoms with Crippen LogP contribution in [0.25, 0.3) is 0 Å². The van der Waals surface area contributed by atoms with E-state index in [1.54, 1.807) is 6.21 Å². The summed E-state index contributed by atoms with van der Waals surface area (Å²) >= 11 is 0. The summed E-state index contributed by atoms with van der Waals surface area (Å²) in [5.41, 5.74) is 2.57. The lowest BCUT2D eigenvalue weighted by Crippen LogP contribution is -1.80. The molecule has 0 bridgehead atoms.